The first-order valence-electron chi connectivity index (χ1n) is 12.4. The quantitative estimate of drug-likeness (QED) is 0.488. The minimum Gasteiger partial charge on any atom is -0.496 e. The van der Waals surface area contributed by atoms with Crippen molar-refractivity contribution in [1.29, 1.82) is 0 Å². The van der Waals surface area contributed by atoms with Crippen LogP contribution in [0.1, 0.15) is 42.5 Å². The molecule has 2 aliphatic rings. The molecule has 1 saturated carbocycles. The largest absolute Gasteiger partial charge is 0.496 e. The number of para-hydroxylation sites is 1. The third-order valence-corrected chi connectivity index (χ3v) is 7.41. The van der Waals surface area contributed by atoms with Gasteiger partial charge in [-0.25, -0.2) is 4.39 Å². The molecule has 35 heavy (non-hydrogen) atoms. The molecule has 0 aliphatic heterocycles. The number of hydrogen-bond donors (Lipinski definition) is 1. The van der Waals surface area contributed by atoms with E-state index >= 15 is 0 Å². The Morgan fingerprint density at radius 2 is 1.97 bits per heavy atom. The van der Waals surface area contributed by atoms with Gasteiger partial charge in [0.1, 0.15) is 18.1 Å². The average Bonchev–Trinajstić information content (AvgIpc) is 3.64. The van der Waals surface area contributed by atoms with Crippen LogP contribution >= 0.6 is 0 Å². The maximum absolute atomic E-state index is 14.2. The van der Waals surface area contributed by atoms with E-state index in [1.54, 1.807) is 17.7 Å². The van der Waals surface area contributed by atoms with Crippen molar-refractivity contribution in [3.8, 4) is 5.75 Å². The fourth-order valence-corrected chi connectivity index (χ4v) is 5.51. The predicted octanol–water partition coefficient (Wildman–Crippen LogP) is 4.60. The molecule has 1 unspecified atom stereocenters. The van der Waals surface area contributed by atoms with Crippen LogP contribution in [0, 0.1) is 11.7 Å². The lowest BCUT2D eigenvalue weighted by atomic mass is 9.89. The van der Waals surface area contributed by atoms with Crippen molar-refractivity contribution in [2.24, 2.45) is 5.92 Å². The molecular weight excluding hydrogens is 447 g/mol. The number of halogens is 1. The summed E-state index contributed by atoms with van der Waals surface area (Å²) in [5.41, 5.74) is 3.70. The second-order valence-corrected chi connectivity index (χ2v) is 9.76. The van der Waals surface area contributed by atoms with Crippen LogP contribution in [0.15, 0.2) is 42.5 Å². The molecule has 1 atom stereocenters. The molecule has 2 aromatic carbocycles. The van der Waals surface area contributed by atoms with Crippen LogP contribution in [0.4, 0.5) is 4.39 Å². The van der Waals surface area contributed by atoms with Gasteiger partial charge in [-0.3, -0.25) is 9.59 Å². The number of carbonyl (C=O) groups excluding carboxylic acids is 1. The maximum Gasteiger partial charge on any atom is 0.323 e. The third-order valence-electron chi connectivity index (χ3n) is 7.41. The molecule has 6 nitrogen and oxygen atoms in total. The van der Waals surface area contributed by atoms with E-state index in [2.05, 4.69) is 4.90 Å². The topological polar surface area (TPSA) is 71.8 Å². The van der Waals surface area contributed by atoms with Gasteiger partial charge in [-0.15, -0.1) is 0 Å². The number of aromatic nitrogens is 1. The molecule has 0 saturated heterocycles. The Morgan fingerprint density at radius 3 is 2.71 bits per heavy atom. The summed E-state index contributed by atoms with van der Waals surface area (Å²) in [6.07, 6.45) is 5.39. The van der Waals surface area contributed by atoms with Crippen LogP contribution in [0.25, 0.3) is 10.9 Å². The van der Waals surface area contributed by atoms with Crippen LogP contribution in [0.2, 0.25) is 0 Å². The first kappa shape index (κ1) is 23.4. The number of carbonyl (C=O) groups is 2. The van der Waals surface area contributed by atoms with Gasteiger partial charge >= 0.3 is 5.97 Å². The fraction of sp³-hybridized carbons (Fsp3) is 0.429. The second-order valence-electron chi connectivity index (χ2n) is 9.76. The summed E-state index contributed by atoms with van der Waals surface area (Å²) in [5.74, 6) is 0.231. The van der Waals surface area contributed by atoms with Gasteiger partial charge < -0.3 is 19.3 Å². The first-order valence-corrected chi connectivity index (χ1v) is 12.4. The van der Waals surface area contributed by atoms with Gasteiger partial charge in [-0.2, -0.15) is 0 Å². The molecule has 184 valence electrons. The van der Waals surface area contributed by atoms with Crippen molar-refractivity contribution in [1.82, 2.24) is 9.47 Å². The number of ether oxygens (including phenoxy) is 1. The summed E-state index contributed by atoms with van der Waals surface area (Å²) >= 11 is 0. The molecule has 0 spiro atoms. The Bertz CT molecular complexity index is 1260. The molecule has 1 heterocycles. The van der Waals surface area contributed by atoms with E-state index in [9.17, 15) is 19.1 Å². The molecule has 1 N–H and O–H groups in total. The summed E-state index contributed by atoms with van der Waals surface area (Å²) in [5, 5.41) is 10.2. The highest BCUT2D eigenvalue weighted by Crippen LogP contribution is 2.37. The van der Waals surface area contributed by atoms with Crippen molar-refractivity contribution in [2.75, 3.05) is 13.7 Å². The number of carboxylic acid groups (broad SMARTS) is 1. The monoisotopic (exact) mass is 478 g/mol. The standard InChI is InChI=1S/C28H31FN2O4/c1-35-26-5-3-2-4-19(26)8-13-27(32)30(16-18-6-7-18)21-10-12-25-23(15-21)22-14-20(29)9-11-24(22)31(25)17-28(33)34/h2-5,9,11,14,18,21H,6-8,10,12-13,15-17H2,1H3,(H,33,34). The Balaban J connectivity index is 1.40. The average molecular weight is 479 g/mol. The number of benzene rings is 2. The van der Waals surface area contributed by atoms with E-state index in [0.29, 0.717) is 31.6 Å². The summed E-state index contributed by atoms with van der Waals surface area (Å²) in [6.45, 7) is 0.610. The Labute approximate surface area is 204 Å². The number of fused-ring (bicyclic) bond motifs is 3. The van der Waals surface area contributed by atoms with Crippen molar-refractivity contribution in [2.45, 2.75) is 57.5 Å². The maximum atomic E-state index is 14.2. The molecular formula is C28H31FN2O4. The lowest BCUT2D eigenvalue weighted by Gasteiger charge is -2.35. The van der Waals surface area contributed by atoms with Crippen molar-refractivity contribution < 1.29 is 23.8 Å². The van der Waals surface area contributed by atoms with Gasteiger partial charge in [0.15, 0.2) is 0 Å². The van der Waals surface area contributed by atoms with E-state index in [4.69, 9.17) is 4.74 Å². The van der Waals surface area contributed by atoms with Crippen LogP contribution in [0.5, 0.6) is 5.75 Å². The van der Waals surface area contributed by atoms with Crippen LogP contribution < -0.4 is 4.74 Å². The zero-order valence-corrected chi connectivity index (χ0v) is 20.0. The molecule has 1 fully saturated rings. The van der Waals surface area contributed by atoms with Gasteiger partial charge in [-0.05, 0) is 79.8 Å². The zero-order chi connectivity index (χ0) is 24.5. The number of amides is 1. The minimum atomic E-state index is -0.918. The first-order chi connectivity index (χ1) is 16.9. The lowest BCUT2D eigenvalue weighted by Crippen LogP contribution is -2.44. The normalized spacial score (nSPS) is 17.3. The van der Waals surface area contributed by atoms with Crippen molar-refractivity contribution in [3.05, 3.63) is 65.1 Å². The van der Waals surface area contributed by atoms with E-state index in [1.165, 1.54) is 12.1 Å². The molecule has 1 amide bonds. The Morgan fingerprint density at radius 1 is 1.17 bits per heavy atom. The molecule has 0 bridgehead atoms. The Kier molecular flexibility index (Phi) is 6.50. The fourth-order valence-electron chi connectivity index (χ4n) is 5.51. The van der Waals surface area contributed by atoms with Crippen molar-refractivity contribution >= 4 is 22.8 Å². The summed E-state index contributed by atoms with van der Waals surface area (Å²) in [6, 6.07) is 12.4. The van der Waals surface area contributed by atoms with E-state index < -0.39 is 5.97 Å². The number of rotatable bonds is 9. The number of aliphatic carboxylic acids is 1. The molecule has 0 radical (unpaired) electrons. The van der Waals surface area contributed by atoms with Gasteiger partial charge in [0, 0.05) is 35.6 Å². The lowest BCUT2D eigenvalue weighted by molar-refractivity contribution is -0.137. The van der Waals surface area contributed by atoms with Crippen molar-refractivity contribution in [3.63, 3.8) is 0 Å². The van der Waals surface area contributed by atoms with Gasteiger partial charge in [-0.1, -0.05) is 18.2 Å². The highest BCUT2D eigenvalue weighted by molar-refractivity contribution is 5.87. The van der Waals surface area contributed by atoms with Gasteiger partial charge in [0.2, 0.25) is 5.91 Å². The zero-order valence-electron chi connectivity index (χ0n) is 20.0. The van der Waals surface area contributed by atoms with Crippen LogP contribution in [-0.4, -0.2) is 46.1 Å². The number of carboxylic acids is 1. The number of methoxy groups -OCH3 is 1. The van der Waals surface area contributed by atoms with Gasteiger partial charge in [0.05, 0.1) is 7.11 Å². The molecule has 3 aromatic rings. The highest BCUT2D eigenvalue weighted by atomic mass is 19.1. The van der Waals surface area contributed by atoms with Crippen LogP contribution in [0.3, 0.4) is 0 Å². The summed E-state index contributed by atoms with van der Waals surface area (Å²) in [7, 11) is 1.64. The predicted molar refractivity (Wildman–Crippen MR) is 131 cm³/mol. The van der Waals surface area contributed by atoms with E-state index in [1.807, 2.05) is 24.3 Å². The second kappa shape index (κ2) is 9.72. The van der Waals surface area contributed by atoms with Crippen LogP contribution in [-0.2, 0) is 35.4 Å². The number of hydrogen-bond acceptors (Lipinski definition) is 3. The molecule has 5 rings (SSSR count). The Hall–Kier alpha value is -3.35. The third kappa shape index (κ3) is 4.90. The SMILES string of the molecule is COc1ccccc1CCC(=O)N(CC1CC1)C1CCc2c(c3cc(F)ccc3n2CC(=O)O)C1. The molecule has 1 aromatic heterocycles. The van der Waals surface area contributed by atoms with E-state index in [0.717, 1.165) is 59.3 Å². The molecule has 2 aliphatic carbocycles. The smallest absolute Gasteiger partial charge is 0.323 e. The van der Waals surface area contributed by atoms with E-state index in [-0.39, 0.29) is 24.3 Å². The summed E-state index contributed by atoms with van der Waals surface area (Å²) in [4.78, 5) is 27.1. The minimum absolute atomic E-state index is 0.0282. The molecule has 7 heteroatoms. The van der Waals surface area contributed by atoms with Gasteiger partial charge in [0.25, 0.3) is 0 Å². The highest BCUT2D eigenvalue weighted by Gasteiger charge is 2.35. The summed E-state index contributed by atoms with van der Waals surface area (Å²) < 4.78 is 21.4. The number of aryl methyl sites for hydroxylation is 1. The number of nitrogens with zero attached hydrogens (tertiary/aromatic N) is 2.